The van der Waals surface area contributed by atoms with E-state index in [0.717, 1.165) is 18.1 Å². The maximum Gasteiger partial charge on any atom is 0.291 e. The molecule has 0 radical (unpaired) electrons. The molecule has 9 heteroatoms. The third-order valence-electron chi connectivity index (χ3n) is 5.56. The van der Waals surface area contributed by atoms with E-state index >= 15 is 0 Å². The monoisotopic (exact) mass is 470 g/mol. The van der Waals surface area contributed by atoms with E-state index in [1.54, 1.807) is 12.1 Å². The summed E-state index contributed by atoms with van der Waals surface area (Å²) in [5.41, 5.74) is 1.42. The Hall–Kier alpha value is -3.01. The summed E-state index contributed by atoms with van der Waals surface area (Å²) in [7, 11) is -3.68. The van der Waals surface area contributed by atoms with Gasteiger partial charge in [0.2, 0.25) is 10.0 Å². The zero-order valence-electron chi connectivity index (χ0n) is 18.7. The van der Waals surface area contributed by atoms with E-state index in [1.807, 2.05) is 26.8 Å². The first-order valence-electron chi connectivity index (χ1n) is 10.8. The number of sulfonamides is 1. The number of rotatable bonds is 5. The van der Waals surface area contributed by atoms with Crippen LogP contribution in [0, 0.1) is 0 Å². The molecule has 1 aromatic heterocycles. The summed E-state index contributed by atoms with van der Waals surface area (Å²) in [6.07, 6.45) is 0.409. The highest BCUT2D eigenvalue weighted by Crippen LogP contribution is 2.23. The lowest BCUT2D eigenvalue weighted by molar-refractivity contribution is -0.0440. The Morgan fingerprint density at radius 2 is 1.73 bits per heavy atom. The summed E-state index contributed by atoms with van der Waals surface area (Å²) in [6, 6.07) is 12.3. The second-order valence-electron chi connectivity index (χ2n) is 8.22. The minimum Gasteiger partial charge on any atom is -0.451 e. The molecule has 1 N–H and O–H groups in total. The first-order chi connectivity index (χ1) is 15.7. The summed E-state index contributed by atoms with van der Waals surface area (Å²) in [6.45, 7) is 6.23. The molecule has 4 rings (SSSR count). The van der Waals surface area contributed by atoms with Gasteiger partial charge in [0, 0.05) is 24.8 Å². The Balaban J connectivity index is 1.52. The summed E-state index contributed by atoms with van der Waals surface area (Å²) in [4.78, 5) is 25.2. The Morgan fingerprint density at radius 1 is 1.06 bits per heavy atom. The molecule has 0 aliphatic carbocycles. The number of nitrogens with zero attached hydrogens (tertiary/aromatic N) is 1. The molecule has 1 aliphatic heterocycles. The first kappa shape index (κ1) is 23.2. The standard InChI is InChI=1S/C24H26N2O6S/c1-4-17-5-10-22-20(11-17)21(27)12-23(32-22)24(28)25-18-6-8-19(9-7-18)33(29,30)26-13-15(2)31-16(3)14-26/h5-12,15-16H,4,13-14H2,1-3H3,(H,25,28)/t15-,16-/m1/s1. The highest BCUT2D eigenvalue weighted by Gasteiger charge is 2.32. The number of ether oxygens (including phenoxy) is 1. The predicted octanol–water partition coefficient (Wildman–Crippen LogP) is 3.41. The van der Waals surface area contributed by atoms with Gasteiger partial charge in [-0.25, -0.2) is 8.42 Å². The lowest BCUT2D eigenvalue weighted by atomic mass is 10.1. The molecule has 2 atom stereocenters. The molecular formula is C24H26N2O6S. The molecule has 1 saturated heterocycles. The van der Waals surface area contributed by atoms with E-state index in [9.17, 15) is 18.0 Å². The van der Waals surface area contributed by atoms with Crippen LogP contribution in [0.2, 0.25) is 0 Å². The minimum absolute atomic E-state index is 0.121. The Morgan fingerprint density at radius 3 is 2.36 bits per heavy atom. The fraction of sp³-hybridized carbons (Fsp3) is 0.333. The van der Waals surface area contributed by atoms with Crippen molar-refractivity contribution in [3.8, 4) is 0 Å². The van der Waals surface area contributed by atoms with E-state index in [4.69, 9.17) is 9.15 Å². The zero-order valence-corrected chi connectivity index (χ0v) is 19.5. The van der Waals surface area contributed by atoms with Gasteiger partial charge < -0.3 is 14.5 Å². The molecule has 0 unspecified atom stereocenters. The van der Waals surface area contributed by atoms with Crippen molar-refractivity contribution in [3.05, 3.63) is 70.1 Å². The molecule has 174 valence electrons. The number of carbonyl (C=O) groups is 1. The third kappa shape index (κ3) is 4.85. The second kappa shape index (κ2) is 9.09. The van der Waals surface area contributed by atoms with E-state index < -0.39 is 15.9 Å². The molecule has 0 saturated carbocycles. The molecule has 3 aromatic rings. The molecule has 1 aliphatic rings. The van der Waals surface area contributed by atoms with Crippen molar-refractivity contribution in [1.82, 2.24) is 4.31 Å². The van der Waals surface area contributed by atoms with Crippen molar-refractivity contribution < 1.29 is 22.4 Å². The van der Waals surface area contributed by atoms with Crippen molar-refractivity contribution >= 4 is 32.6 Å². The SMILES string of the molecule is CCc1ccc2oc(C(=O)Nc3ccc(S(=O)(=O)N4C[C@@H](C)O[C@H](C)C4)cc3)cc(=O)c2c1. The number of nitrogens with one attached hydrogen (secondary N) is 1. The van der Waals surface area contributed by atoms with Gasteiger partial charge in [0.15, 0.2) is 11.2 Å². The van der Waals surface area contributed by atoms with E-state index in [2.05, 4.69) is 5.32 Å². The van der Waals surface area contributed by atoms with Crippen molar-refractivity contribution in [1.29, 1.82) is 0 Å². The molecule has 0 spiro atoms. The van der Waals surface area contributed by atoms with Crippen molar-refractivity contribution in [2.75, 3.05) is 18.4 Å². The van der Waals surface area contributed by atoms with Crippen LogP contribution in [0.5, 0.6) is 0 Å². The topological polar surface area (TPSA) is 106 Å². The van der Waals surface area contributed by atoms with Crippen molar-refractivity contribution in [2.45, 2.75) is 44.3 Å². The van der Waals surface area contributed by atoms with Gasteiger partial charge in [-0.1, -0.05) is 13.0 Å². The molecule has 1 fully saturated rings. The van der Waals surface area contributed by atoms with Gasteiger partial charge >= 0.3 is 0 Å². The smallest absolute Gasteiger partial charge is 0.291 e. The normalized spacial score (nSPS) is 19.5. The number of aryl methyl sites for hydroxylation is 1. The van der Waals surface area contributed by atoms with Gasteiger partial charge in [-0.2, -0.15) is 4.31 Å². The predicted molar refractivity (Wildman–Crippen MR) is 125 cm³/mol. The average Bonchev–Trinajstić information content (AvgIpc) is 2.78. The van der Waals surface area contributed by atoms with Gasteiger partial charge in [0.1, 0.15) is 5.58 Å². The van der Waals surface area contributed by atoms with Crippen molar-refractivity contribution in [3.63, 3.8) is 0 Å². The first-order valence-corrected chi connectivity index (χ1v) is 12.2. The van der Waals surface area contributed by atoms with E-state index in [0.29, 0.717) is 16.7 Å². The van der Waals surface area contributed by atoms with Gasteiger partial charge in [-0.05, 0) is 62.2 Å². The summed E-state index contributed by atoms with van der Waals surface area (Å²) < 4.78 is 38.6. The molecule has 33 heavy (non-hydrogen) atoms. The summed E-state index contributed by atoms with van der Waals surface area (Å²) in [5, 5.41) is 3.07. The van der Waals surface area contributed by atoms with Gasteiger partial charge in [0.25, 0.3) is 5.91 Å². The summed E-state index contributed by atoms with van der Waals surface area (Å²) in [5.74, 6) is -0.718. The Labute approximate surface area is 192 Å². The third-order valence-corrected chi connectivity index (χ3v) is 7.41. The quantitative estimate of drug-likeness (QED) is 0.613. The number of fused-ring (bicyclic) bond motifs is 1. The molecule has 8 nitrogen and oxygen atoms in total. The van der Waals surface area contributed by atoms with E-state index in [-0.39, 0.29) is 41.4 Å². The van der Waals surface area contributed by atoms with E-state index in [1.165, 1.54) is 28.6 Å². The van der Waals surface area contributed by atoms with Crippen LogP contribution in [0.15, 0.2) is 62.6 Å². The van der Waals surface area contributed by atoms with Crippen LogP contribution in [-0.2, 0) is 21.2 Å². The lowest BCUT2D eigenvalue weighted by Gasteiger charge is -2.34. The van der Waals surface area contributed by atoms with Crippen LogP contribution in [0.3, 0.4) is 0 Å². The maximum atomic E-state index is 13.0. The number of hydrogen-bond acceptors (Lipinski definition) is 6. The van der Waals surface area contributed by atoms with Crippen LogP contribution in [0.4, 0.5) is 5.69 Å². The number of hydrogen-bond donors (Lipinski definition) is 1. The molecule has 2 heterocycles. The largest absolute Gasteiger partial charge is 0.451 e. The number of anilines is 1. The zero-order chi connectivity index (χ0) is 23.8. The summed E-state index contributed by atoms with van der Waals surface area (Å²) >= 11 is 0. The van der Waals surface area contributed by atoms with Gasteiger partial charge in [0.05, 0.1) is 22.5 Å². The Kier molecular flexibility index (Phi) is 6.38. The Bertz CT molecular complexity index is 1340. The van der Waals surface area contributed by atoms with Crippen LogP contribution < -0.4 is 10.7 Å². The fourth-order valence-electron chi connectivity index (χ4n) is 3.91. The number of benzene rings is 2. The molecule has 0 bridgehead atoms. The van der Waals surface area contributed by atoms with Crippen LogP contribution in [0.1, 0.15) is 36.9 Å². The highest BCUT2D eigenvalue weighted by molar-refractivity contribution is 7.89. The van der Waals surface area contributed by atoms with Gasteiger partial charge in [-0.3, -0.25) is 9.59 Å². The number of amides is 1. The lowest BCUT2D eigenvalue weighted by Crippen LogP contribution is -2.48. The maximum absolute atomic E-state index is 13.0. The molecule has 2 aromatic carbocycles. The second-order valence-corrected chi connectivity index (χ2v) is 10.2. The number of carbonyl (C=O) groups excluding carboxylic acids is 1. The number of morpholine rings is 1. The van der Waals surface area contributed by atoms with Crippen LogP contribution in [-0.4, -0.2) is 43.9 Å². The van der Waals surface area contributed by atoms with Crippen LogP contribution in [0.25, 0.3) is 11.0 Å². The van der Waals surface area contributed by atoms with Crippen molar-refractivity contribution in [2.24, 2.45) is 0 Å². The highest BCUT2D eigenvalue weighted by atomic mass is 32.2. The van der Waals surface area contributed by atoms with Gasteiger partial charge in [-0.15, -0.1) is 0 Å². The average molecular weight is 471 g/mol. The minimum atomic E-state index is -3.68. The van der Waals surface area contributed by atoms with Crippen LogP contribution >= 0.6 is 0 Å². The fourth-order valence-corrected chi connectivity index (χ4v) is 5.50. The molecular weight excluding hydrogens is 444 g/mol. The molecule has 1 amide bonds.